The van der Waals surface area contributed by atoms with Gasteiger partial charge >= 0.3 is 6.03 Å². The molecule has 12 nitrogen and oxygen atoms in total. The lowest BCUT2D eigenvalue weighted by Gasteiger charge is -2.29. The fraction of sp³-hybridized carbons (Fsp3) is 0.296. The Bertz CT molecular complexity index is 1540. The van der Waals surface area contributed by atoms with Crippen LogP contribution in [0.1, 0.15) is 24.0 Å². The number of aliphatic hydroxyl groups excluding tert-OH is 1. The first kappa shape index (κ1) is 30.6. The smallest absolute Gasteiger partial charge is 0.323 e. The average Bonchev–Trinajstić information content (AvgIpc) is 2.93. The molecule has 0 atom stereocenters. The molecule has 41 heavy (non-hydrogen) atoms. The maximum Gasteiger partial charge on any atom is 0.323 e. The van der Waals surface area contributed by atoms with E-state index in [9.17, 15) is 26.7 Å². The van der Waals surface area contributed by atoms with Crippen molar-refractivity contribution in [2.45, 2.75) is 41.8 Å². The standard InChI is InChI=1S/C27H34N6O6S2/c28-40(36,37)25-8-4-20(5-9-25)18-30-41(38,39)26-10-6-22(7-11-26)31-27(35)32-23-3-1-2-21(16-23)17-29-19-33-14-12-24(34)13-15-33/h1-11,16,24,29-30,34H,12-15,17-19H2,(H2,28,36,37)(H2,31,32,35). The van der Waals surface area contributed by atoms with E-state index < -0.39 is 26.1 Å². The number of carbonyl (C=O) groups is 1. The van der Waals surface area contributed by atoms with Crippen molar-refractivity contribution < 1.29 is 26.7 Å². The van der Waals surface area contributed by atoms with Crippen LogP contribution in [0.5, 0.6) is 0 Å². The van der Waals surface area contributed by atoms with E-state index in [0.29, 0.717) is 23.5 Å². The van der Waals surface area contributed by atoms with Crippen molar-refractivity contribution in [1.82, 2.24) is 14.9 Å². The van der Waals surface area contributed by atoms with Crippen LogP contribution in [0.15, 0.2) is 82.6 Å². The number of rotatable bonds is 11. The van der Waals surface area contributed by atoms with Gasteiger partial charge in [0.1, 0.15) is 0 Å². The van der Waals surface area contributed by atoms with Crippen molar-refractivity contribution in [1.29, 1.82) is 0 Å². The van der Waals surface area contributed by atoms with Crippen LogP contribution in [0.25, 0.3) is 0 Å². The Hall–Kier alpha value is -3.37. The largest absolute Gasteiger partial charge is 0.393 e. The van der Waals surface area contributed by atoms with Gasteiger partial charge in [0.05, 0.1) is 15.9 Å². The van der Waals surface area contributed by atoms with Crippen LogP contribution in [0.4, 0.5) is 16.2 Å². The molecule has 1 aliphatic heterocycles. The first-order valence-corrected chi connectivity index (χ1v) is 16.0. The van der Waals surface area contributed by atoms with Gasteiger partial charge in [-0.2, -0.15) is 0 Å². The number of piperidine rings is 1. The summed E-state index contributed by atoms with van der Waals surface area (Å²) in [6.45, 7) is 3.02. The number of sulfonamides is 2. The second kappa shape index (κ2) is 13.5. The van der Waals surface area contributed by atoms with Gasteiger partial charge in [0, 0.05) is 44.2 Å². The van der Waals surface area contributed by atoms with Crippen LogP contribution >= 0.6 is 0 Å². The fourth-order valence-electron chi connectivity index (χ4n) is 4.26. The minimum absolute atomic E-state index is 0.00514. The van der Waals surface area contributed by atoms with Crippen LogP contribution in [0, 0.1) is 0 Å². The zero-order valence-corrected chi connectivity index (χ0v) is 23.9. The van der Waals surface area contributed by atoms with Gasteiger partial charge in [-0.1, -0.05) is 24.3 Å². The summed E-state index contributed by atoms with van der Waals surface area (Å²) in [6.07, 6.45) is 1.37. The molecule has 1 heterocycles. The molecule has 0 radical (unpaired) electrons. The summed E-state index contributed by atoms with van der Waals surface area (Å²) >= 11 is 0. The molecule has 3 aromatic carbocycles. The van der Waals surface area contributed by atoms with Gasteiger partial charge in [-0.3, -0.25) is 4.90 Å². The summed E-state index contributed by atoms with van der Waals surface area (Å²) < 4.78 is 50.5. The van der Waals surface area contributed by atoms with Gasteiger partial charge in [-0.25, -0.2) is 31.5 Å². The molecule has 0 bridgehead atoms. The molecule has 1 aliphatic rings. The van der Waals surface area contributed by atoms with Crippen molar-refractivity contribution in [3.8, 4) is 0 Å². The van der Waals surface area contributed by atoms with Gasteiger partial charge in [0.15, 0.2) is 0 Å². The normalized spacial score (nSPS) is 15.0. The Morgan fingerprint density at radius 3 is 2.12 bits per heavy atom. The number of aliphatic hydroxyl groups is 1. The quantitative estimate of drug-likeness (QED) is 0.192. The van der Waals surface area contributed by atoms with E-state index in [1.54, 1.807) is 6.07 Å². The van der Waals surface area contributed by atoms with Crippen LogP contribution in [0.2, 0.25) is 0 Å². The van der Waals surface area contributed by atoms with Gasteiger partial charge in [-0.15, -0.1) is 0 Å². The highest BCUT2D eigenvalue weighted by Gasteiger charge is 2.17. The summed E-state index contributed by atoms with van der Waals surface area (Å²) in [7, 11) is -7.68. The molecule has 7 N–H and O–H groups in total. The number of primary sulfonamides is 1. The SMILES string of the molecule is NS(=O)(=O)c1ccc(CNS(=O)(=O)c2ccc(NC(=O)Nc3cccc(CNCN4CCC(O)CC4)c3)cc2)cc1. The van der Waals surface area contributed by atoms with E-state index in [0.717, 1.165) is 38.2 Å². The van der Waals surface area contributed by atoms with E-state index in [4.69, 9.17) is 5.14 Å². The number of amides is 2. The van der Waals surface area contributed by atoms with Gasteiger partial charge in [0.2, 0.25) is 20.0 Å². The number of nitrogens with one attached hydrogen (secondary N) is 4. The molecular weight excluding hydrogens is 568 g/mol. The number of nitrogens with zero attached hydrogens (tertiary/aromatic N) is 1. The summed E-state index contributed by atoms with van der Waals surface area (Å²) in [5.41, 5.74) is 2.58. The first-order chi connectivity index (χ1) is 19.5. The summed E-state index contributed by atoms with van der Waals surface area (Å²) in [4.78, 5) is 14.7. The summed E-state index contributed by atoms with van der Waals surface area (Å²) in [5, 5.41) is 23.5. The fourth-order valence-corrected chi connectivity index (χ4v) is 5.80. The van der Waals surface area contributed by atoms with Crippen molar-refractivity contribution >= 4 is 37.5 Å². The Labute approximate surface area is 240 Å². The number of nitrogens with two attached hydrogens (primary N) is 1. The summed E-state index contributed by atoms with van der Waals surface area (Å²) in [5.74, 6) is 0. The monoisotopic (exact) mass is 602 g/mol. The average molecular weight is 603 g/mol. The molecule has 2 amide bonds. The van der Waals surface area contributed by atoms with E-state index in [-0.39, 0.29) is 22.4 Å². The molecule has 220 valence electrons. The second-order valence-corrected chi connectivity index (χ2v) is 13.1. The number of anilines is 2. The molecule has 0 aromatic heterocycles. The predicted octanol–water partition coefficient (Wildman–Crippen LogP) is 1.96. The lowest BCUT2D eigenvalue weighted by Crippen LogP contribution is -2.41. The van der Waals surface area contributed by atoms with Crippen molar-refractivity contribution in [2.75, 3.05) is 30.4 Å². The highest BCUT2D eigenvalue weighted by molar-refractivity contribution is 7.89. The van der Waals surface area contributed by atoms with Crippen LogP contribution < -0.4 is 25.8 Å². The Morgan fingerprint density at radius 2 is 1.46 bits per heavy atom. The molecule has 14 heteroatoms. The van der Waals surface area contributed by atoms with E-state index >= 15 is 0 Å². The zero-order valence-electron chi connectivity index (χ0n) is 22.3. The number of likely N-dealkylation sites (tertiary alicyclic amines) is 1. The minimum Gasteiger partial charge on any atom is -0.393 e. The van der Waals surface area contributed by atoms with Crippen LogP contribution in [-0.2, 0) is 33.1 Å². The second-order valence-electron chi connectivity index (χ2n) is 9.75. The van der Waals surface area contributed by atoms with E-state index in [2.05, 4.69) is 25.6 Å². The Morgan fingerprint density at radius 1 is 0.829 bits per heavy atom. The molecular formula is C27H34N6O6S2. The van der Waals surface area contributed by atoms with Crippen molar-refractivity contribution in [3.63, 3.8) is 0 Å². The Balaban J connectivity index is 1.25. The zero-order chi connectivity index (χ0) is 29.5. The van der Waals surface area contributed by atoms with Crippen molar-refractivity contribution in [3.05, 3.63) is 83.9 Å². The number of hydrogen-bond acceptors (Lipinski definition) is 8. The number of hydrogen-bond donors (Lipinski definition) is 6. The molecule has 4 rings (SSSR count). The maximum atomic E-state index is 12.7. The topological polar surface area (TPSA) is 183 Å². The molecule has 0 unspecified atom stereocenters. The number of urea groups is 1. The molecule has 0 aliphatic carbocycles. The first-order valence-electron chi connectivity index (χ1n) is 13.0. The number of benzene rings is 3. The van der Waals surface area contributed by atoms with Gasteiger partial charge in [-0.05, 0) is 72.5 Å². The lowest BCUT2D eigenvalue weighted by molar-refractivity contribution is 0.0785. The molecule has 1 fully saturated rings. The molecule has 1 saturated heterocycles. The van der Waals surface area contributed by atoms with Gasteiger partial charge in [0.25, 0.3) is 0 Å². The Kier molecular flexibility index (Phi) is 10.1. The number of carbonyl (C=O) groups excluding carboxylic acids is 1. The maximum absolute atomic E-state index is 12.7. The van der Waals surface area contributed by atoms with Gasteiger partial charge < -0.3 is 21.1 Å². The highest BCUT2D eigenvalue weighted by Crippen LogP contribution is 2.17. The van der Waals surface area contributed by atoms with Crippen molar-refractivity contribution in [2.24, 2.45) is 5.14 Å². The summed E-state index contributed by atoms with van der Waals surface area (Å²) in [6, 6.07) is 18.3. The molecule has 0 saturated carbocycles. The third-order valence-corrected chi connectivity index (χ3v) is 8.89. The third kappa shape index (κ3) is 9.33. The van der Waals surface area contributed by atoms with Crippen LogP contribution in [-0.4, -0.2) is 58.7 Å². The lowest BCUT2D eigenvalue weighted by atomic mass is 10.1. The third-order valence-electron chi connectivity index (χ3n) is 6.55. The minimum atomic E-state index is -3.85. The molecule has 3 aromatic rings. The predicted molar refractivity (Wildman–Crippen MR) is 156 cm³/mol. The molecule has 0 spiro atoms. The van der Waals surface area contributed by atoms with E-state index in [1.807, 2.05) is 18.2 Å². The van der Waals surface area contributed by atoms with Crippen LogP contribution in [0.3, 0.4) is 0 Å². The highest BCUT2D eigenvalue weighted by atomic mass is 32.2. The van der Waals surface area contributed by atoms with E-state index in [1.165, 1.54) is 48.5 Å².